The van der Waals surface area contributed by atoms with Crippen LogP contribution in [0.2, 0.25) is 0 Å². The predicted molar refractivity (Wildman–Crippen MR) is 52.8 cm³/mol. The summed E-state index contributed by atoms with van der Waals surface area (Å²) in [5.41, 5.74) is 0.319. The molecule has 0 spiro atoms. The first-order valence-corrected chi connectivity index (χ1v) is 3.82. The number of phenolic OH excluding ortho intramolecular Hbond substituents is 1. The lowest BCUT2D eigenvalue weighted by molar-refractivity contribution is 0.0953. The zero-order valence-electron chi connectivity index (χ0n) is 6.87. The third-order valence-corrected chi connectivity index (χ3v) is 1.49. The minimum atomic E-state index is -0.240. The summed E-state index contributed by atoms with van der Waals surface area (Å²) in [6, 6.07) is 6.47. The van der Waals surface area contributed by atoms with Crippen molar-refractivity contribution in [2.45, 2.75) is 14.4 Å². The van der Waals surface area contributed by atoms with E-state index in [9.17, 15) is 9.90 Å². The molecule has 0 aliphatic heterocycles. The fraction of sp³-hybridized carbons (Fsp3) is 0.300. The normalized spacial score (nSPS) is 8.69. The average molecular weight is 181 g/mol. The molecule has 0 saturated carbocycles. The second-order valence-electron chi connectivity index (χ2n) is 2.38. The molecule has 0 heterocycles. The van der Waals surface area contributed by atoms with Gasteiger partial charge in [-0.1, -0.05) is 19.6 Å². The second kappa shape index (κ2) is 5.19. The van der Waals surface area contributed by atoms with Gasteiger partial charge in [-0.25, -0.2) is 0 Å². The topological polar surface area (TPSA) is 49.3 Å². The van der Waals surface area contributed by atoms with Crippen molar-refractivity contribution in [2.24, 2.45) is 0 Å². The number of rotatable bonds is 2. The number of carbonyl (C=O) groups excluding carboxylic acids is 1. The Hall–Kier alpha value is -1.51. The molecule has 0 radical (unpaired) electrons. The Morgan fingerprint density at radius 3 is 2.62 bits per heavy atom. The van der Waals surface area contributed by atoms with Crippen molar-refractivity contribution < 1.29 is 9.90 Å². The standard InChI is InChI=1S/C9H11NO2.CH4/c1-2-10-9(12)7-5-3-4-6-8(7)11;/h3-6,11H,2H2,1H3,(H,10,12);1H4. The van der Waals surface area contributed by atoms with Crippen molar-refractivity contribution in [1.29, 1.82) is 0 Å². The largest absolute Gasteiger partial charge is 0.507 e. The van der Waals surface area contributed by atoms with Gasteiger partial charge >= 0.3 is 0 Å². The molecular weight excluding hydrogens is 166 g/mol. The van der Waals surface area contributed by atoms with Gasteiger partial charge in [-0.05, 0) is 19.1 Å². The Morgan fingerprint density at radius 1 is 1.46 bits per heavy atom. The second-order valence-corrected chi connectivity index (χ2v) is 2.38. The molecule has 13 heavy (non-hydrogen) atoms. The maximum Gasteiger partial charge on any atom is 0.255 e. The lowest BCUT2D eigenvalue weighted by Crippen LogP contribution is -2.22. The number of carbonyl (C=O) groups is 1. The van der Waals surface area contributed by atoms with E-state index < -0.39 is 0 Å². The van der Waals surface area contributed by atoms with Gasteiger partial charge in [0.25, 0.3) is 5.91 Å². The van der Waals surface area contributed by atoms with Gasteiger partial charge in [0.1, 0.15) is 5.75 Å². The van der Waals surface area contributed by atoms with E-state index in [0.29, 0.717) is 12.1 Å². The van der Waals surface area contributed by atoms with Gasteiger partial charge in [-0.15, -0.1) is 0 Å². The van der Waals surface area contributed by atoms with Crippen LogP contribution in [0.4, 0.5) is 0 Å². The SMILES string of the molecule is C.CCNC(=O)c1ccccc1O. The molecule has 1 aromatic carbocycles. The Labute approximate surface area is 78.4 Å². The van der Waals surface area contributed by atoms with Crippen LogP contribution in [-0.4, -0.2) is 17.6 Å². The molecule has 0 atom stereocenters. The summed E-state index contributed by atoms with van der Waals surface area (Å²) in [4.78, 5) is 11.2. The number of nitrogens with one attached hydrogen (secondary N) is 1. The molecule has 1 aromatic rings. The van der Waals surface area contributed by atoms with Gasteiger partial charge in [0, 0.05) is 6.54 Å². The summed E-state index contributed by atoms with van der Waals surface area (Å²) in [5.74, 6) is -0.223. The molecule has 0 aliphatic carbocycles. The van der Waals surface area contributed by atoms with E-state index in [1.165, 1.54) is 6.07 Å². The van der Waals surface area contributed by atoms with Crippen molar-refractivity contribution in [3.8, 4) is 5.75 Å². The smallest absolute Gasteiger partial charge is 0.255 e. The molecule has 2 N–H and O–H groups in total. The van der Waals surface area contributed by atoms with Gasteiger partial charge in [0.05, 0.1) is 5.56 Å². The summed E-state index contributed by atoms with van der Waals surface area (Å²) in [7, 11) is 0. The Kier molecular flexibility index (Phi) is 4.59. The number of benzene rings is 1. The average Bonchev–Trinajstić information content (AvgIpc) is 2.05. The highest BCUT2D eigenvalue weighted by Gasteiger charge is 2.07. The van der Waals surface area contributed by atoms with E-state index in [1.807, 2.05) is 6.92 Å². The third-order valence-electron chi connectivity index (χ3n) is 1.49. The first-order valence-electron chi connectivity index (χ1n) is 3.82. The Balaban J connectivity index is 0.00000144. The molecule has 0 aromatic heterocycles. The number of hydrogen-bond acceptors (Lipinski definition) is 2. The summed E-state index contributed by atoms with van der Waals surface area (Å²) in [5, 5.41) is 11.9. The molecule has 0 fully saturated rings. The van der Waals surface area contributed by atoms with Gasteiger partial charge in [0.2, 0.25) is 0 Å². The zero-order valence-corrected chi connectivity index (χ0v) is 6.87. The highest BCUT2D eigenvalue weighted by Crippen LogP contribution is 2.14. The number of amides is 1. The minimum Gasteiger partial charge on any atom is -0.507 e. The fourth-order valence-electron chi connectivity index (χ4n) is 0.921. The van der Waals surface area contributed by atoms with Crippen LogP contribution in [-0.2, 0) is 0 Å². The molecule has 0 unspecified atom stereocenters. The van der Waals surface area contributed by atoms with Crippen LogP contribution in [0.3, 0.4) is 0 Å². The molecule has 72 valence electrons. The number of hydrogen-bond donors (Lipinski definition) is 2. The molecule has 1 amide bonds. The van der Waals surface area contributed by atoms with Crippen LogP contribution in [0.5, 0.6) is 5.75 Å². The summed E-state index contributed by atoms with van der Waals surface area (Å²) >= 11 is 0. The summed E-state index contributed by atoms with van der Waals surface area (Å²) < 4.78 is 0. The third kappa shape index (κ3) is 2.78. The molecule has 0 aliphatic rings. The maximum absolute atomic E-state index is 11.2. The molecule has 3 nitrogen and oxygen atoms in total. The zero-order chi connectivity index (χ0) is 8.97. The Bertz CT molecular complexity index is 284. The van der Waals surface area contributed by atoms with E-state index in [0.717, 1.165) is 0 Å². The van der Waals surface area contributed by atoms with Crippen LogP contribution >= 0.6 is 0 Å². The number of phenols is 1. The molecule has 1 rings (SSSR count). The first-order chi connectivity index (χ1) is 5.75. The monoisotopic (exact) mass is 181 g/mol. The highest BCUT2D eigenvalue weighted by molar-refractivity contribution is 5.96. The van der Waals surface area contributed by atoms with Crippen molar-refractivity contribution in [3.05, 3.63) is 29.8 Å². The van der Waals surface area contributed by atoms with Gasteiger partial charge in [-0.3, -0.25) is 4.79 Å². The predicted octanol–water partition coefficient (Wildman–Crippen LogP) is 1.78. The fourth-order valence-corrected chi connectivity index (χ4v) is 0.921. The van der Waals surface area contributed by atoms with Crippen LogP contribution in [0.15, 0.2) is 24.3 Å². The van der Waals surface area contributed by atoms with E-state index in [2.05, 4.69) is 5.32 Å². The maximum atomic E-state index is 11.2. The van der Waals surface area contributed by atoms with Crippen molar-refractivity contribution >= 4 is 5.91 Å². The van der Waals surface area contributed by atoms with E-state index in [4.69, 9.17) is 0 Å². The van der Waals surface area contributed by atoms with Crippen LogP contribution in [0, 0.1) is 0 Å². The lowest BCUT2D eigenvalue weighted by atomic mass is 10.2. The Morgan fingerprint density at radius 2 is 2.08 bits per heavy atom. The van der Waals surface area contributed by atoms with Gasteiger partial charge < -0.3 is 10.4 Å². The van der Waals surface area contributed by atoms with Crippen molar-refractivity contribution in [3.63, 3.8) is 0 Å². The number of aromatic hydroxyl groups is 1. The molecule has 0 saturated heterocycles. The summed E-state index contributed by atoms with van der Waals surface area (Å²) in [6.07, 6.45) is 0. The van der Waals surface area contributed by atoms with E-state index in [1.54, 1.807) is 18.2 Å². The quantitative estimate of drug-likeness (QED) is 0.730. The minimum absolute atomic E-state index is 0. The van der Waals surface area contributed by atoms with Gasteiger partial charge in [0.15, 0.2) is 0 Å². The van der Waals surface area contributed by atoms with Crippen molar-refractivity contribution in [2.75, 3.05) is 6.54 Å². The molecular formula is C10H15NO2. The first kappa shape index (κ1) is 11.5. The molecule has 0 bridgehead atoms. The van der Waals surface area contributed by atoms with Crippen LogP contribution < -0.4 is 5.32 Å². The van der Waals surface area contributed by atoms with Crippen LogP contribution in [0.25, 0.3) is 0 Å². The lowest BCUT2D eigenvalue weighted by Gasteiger charge is -2.02. The number of para-hydroxylation sites is 1. The van der Waals surface area contributed by atoms with Crippen molar-refractivity contribution in [1.82, 2.24) is 5.32 Å². The molecule has 3 heteroatoms. The van der Waals surface area contributed by atoms with E-state index >= 15 is 0 Å². The van der Waals surface area contributed by atoms with E-state index in [-0.39, 0.29) is 19.1 Å². The highest BCUT2D eigenvalue weighted by atomic mass is 16.3. The summed E-state index contributed by atoms with van der Waals surface area (Å²) in [6.45, 7) is 2.39. The van der Waals surface area contributed by atoms with Crippen LogP contribution in [0.1, 0.15) is 24.7 Å². The van der Waals surface area contributed by atoms with Gasteiger partial charge in [-0.2, -0.15) is 0 Å².